The first-order valence-corrected chi connectivity index (χ1v) is 8.70. The zero-order valence-corrected chi connectivity index (χ0v) is 14.1. The average Bonchev–Trinajstić information content (AvgIpc) is 3.25. The molecule has 0 saturated carbocycles. The maximum Gasteiger partial charge on any atom is 0.410 e. The van der Waals surface area contributed by atoms with Gasteiger partial charge >= 0.3 is 6.09 Å². The number of rotatable bonds is 4. The van der Waals surface area contributed by atoms with Crippen LogP contribution in [0.4, 0.5) is 4.79 Å². The molecule has 0 spiro atoms. The van der Waals surface area contributed by atoms with Gasteiger partial charge in [-0.15, -0.1) is 21.5 Å². The third kappa shape index (κ3) is 3.53. The third-order valence-electron chi connectivity index (χ3n) is 4.09. The molecule has 3 rings (SSSR count). The molecule has 3 heterocycles. The summed E-state index contributed by atoms with van der Waals surface area (Å²) in [4.78, 5) is 15.8. The molecule has 0 radical (unpaired) electrons. The zero-order valence-electron chi connectivity index (χ0n) is 13.3. The summed E-state index contributed by atoms with van der Waals surface area (Å²) in [5.41, 5.74) is 0. The van der Waals surface area contributed by atoms with Crippen molar-refractivity contribution in [3.8, 4) is 10.8 Å². The van der Waals surface area contributed by atoms with Crippen molar-refractivity contribution >= 4 is 17.4 Å². The summed E-state index contributed by atoms with van der Waals surface area (Å²) in [6.07, 6.45) is -0.225. The van der Waals surface area contributed by atoms with Gasteiger partial charge in [-0.25, -0.2) is 4.79 Å². The van der Waals surface area contributed by atoms with Gasteiger partial charge in [0, 0.05) is 0 Å². The largest absolute Gasteiger partial charge is 0.450 e. The molecule has 1 N–H and O–H groups in total. The van der Waals surface area contributed by atoms with Gasteiger partial charge in [0.25, 0.3) is 11.8 Å². The molecule has 7 nitrogen and oxygen atoms in total. The lowest BCUT2D eigenvalue weighted by molar-refractivity contribution is -0.934. The number of hydrogen-bond donors (Lipinski definition) is 1. The number of aromatic nitrogens is 2. The molecule has 2 aromatic heterocycles. The third-order valence-corrected chi connectivity index (χ3v) is 4.94. The number of hydrogen-bond acceptors (Lipinski definition) is 6. The predicted octanol–water partition coefficient (Wildman–Crippen LogP) is 1.22. The number of piperazine rings is 1. The van der Waals surface area contributed by atoms with Crippen molar-refractivity contribution in [2.45, 2.75) is 19.9 Å². The lowest BCUT2D eigenvalue weighted by Crippen LogP contribution is -3.14. The Balaban J connectivity index is 1.59. The first kappa shape index (κ1) is 15.9. The van der Waals surface area contributed by atoms with Crippen LogP contribution in [0.3, 0.4) is 0 Å². The van der Waals surface area contributed by atoms with Gasteiger partial charge in [-0.3, -0.25) is 4.90 Å². The summed E-state index contributed by atoms with van der Waals surface area (Å²) < 4.78 is 10.9. The number of thiophene rings is 1. The van der Waals surface area contributed by atoms with Gasteiger partial charge in [0.2, 0.25) is 0 Å². The van der Waals surface area contributed by atoms with Crippen LogP contribution in [0.5, 0.6) is 0 Å². The van der Waals surface area contributed by atoms with Crippen molar-refractivity contribution in [3.63, 3.8) is 0 Å². The molecule has 1 atom stereocenters. The Morgan fingerprint density at radius 2 is 2.26 bits per heavy atom. The summed E-state index contributed by atoms with van der Waals surface area (Å²) in [6, 6.07) is 4.05. The summed E-state index contributed by atoms with van der Waals surface area (Å²) in [7, 11) is 0. The van der Waals surface area contributed by atoms with Crippen LogP contribution in [0.25, 0.3) is 10.8 Å². The number of nitrogens with zero attached hydrogens (tertiary/aromatic N) is 3. The van der Waals surface area contributed by atoms with Crippen molar-refractivity contribution in [1.82, 2.24) is 15.1 Å². The van der Waals surface area contributed by atoms with E-state index in [1.807, 2.05) is 24.4 Å². The molecule has 2 aromatic rings. The average molecular weight is 337 g/mol. The van der Waals surface area contributed by atoms with Gasteiger partial charge in [-0.2, -0.15) is 0 Å². The summed E-state index contributed by atoms with van der Waals surface area (Å²) >= 11 is 1.58. The number of ether oxygens (including phenoxy) is 1. The van der Waals surface area contributed by atoms with E-state index in [0.717, 1.165) is 18.0 Å². The van der Waals surface area contributed by atoms with E-state index in [4.69, 9.17) is 9.15 Å². The molecule has 1 saturated heterocycles. The molecular formula is C15H21N4O3S+. The van der Waals surface area contributed by atoms with E-state index in [2.05, 4.69) is 17.1 Å². The standard InChI is InChI=1S/C15H20N4O3S/c1-3-21-15(20)19-8-6-18(7-9-19)11(2)13-16-17-14(22-13)12-5-4-10-23-12/h4-5,10-11H,3,6-9H2,1-2H3/p+1/t11-/m0/s1. The zero-order chi connectivity index (χ0) is 16.2. The molecule has 124 valence electrons. The fraction of sp³-hybridized carbons (Fsp3) is 0.533. The minimum Gasteiger partial charge on any atom is -0.450 e. The van der Waals surface area contributed by atoms with Gasteiger partial charge in [-0.05, 0) is 25.3 Å². The van der Waals surface area contributed by atoms with Crippen molar-refractivity contribution < 1.29 is 18.8 Å². The summed E-state index contributed by atoms with van der Waals surface area (Å²) in [5.74, 6) is 1.22. The quantitative estimate of drug-likeness (QED) is 0.908. The monoisotopic (exact) mass is 337 g/mol. The summed E-state index contributed by atoms with van der Waals surface area (Å²) in [5, 5.41) is 10.3. The topological polar surface area (TPSA) is 72.9 Å². The fourth-order valence-corrected chi connectivity index (χ4v) is 3.35. The molecule has 1 amide bonds. The fourth-order valence-electron chi connectivity index (χ4n) is 2.71. The normalized spacial score (nSPS) is 17.2. The number of quaternary nitrogens is 1. The van der Waals surface area contributed by atoms with Crippen LogP contribution in [0.15, 0.2) is 21.9 Å². The van der Waals surface area contributed by atoms with Gasteiger partial charge in [0.1, 0.15) is 0 Å². The highest BCUT2D eigenvalue weighted by molar-refractivity contribution is 7.13. The molecule has 0 aliphatic carbocycles. The van der Waals surface area contributed by atoms with Crippen LogP contribution in [-0.2, 0) is 4.74 Å². The van der Waals surface area contributed by atoms with E-state index in [-0.39, 0.29) is 12.1 Å². The first-order valence-electron chi connectivity index (χ1n) is 7.82. The molecule has 1 aliphatic rings. The minimum absolute atomic E-state index is 0.112. The second-order valence-corrected chi connectivity index (χ2v) is 6.44. The predicted molar refractivity (Wildman–Crippen MR) is 85.3 cm³/mol. The molecule has 0 bridgehead atoms. The van der Waals surface area contributed by atoms with Crippen LogP contribution >= 0.6 is 11.3 Å². The Labute approximate surface area is 138 Å². The maximum atomic E-state index is 11.7. The molecule has 0 unspecified atom stereocenters. The highest BCUT2D eigenvalue weighted by Gasteiger charge is 2.31. The van der Waals surface area contributed by atoms with E-state index in [9.17, 15) is 4.79 Å². The van der Waals surface area contributed by atoms with E-state index < -0.39 is 0 Å². The van der Waals surface area contributed by atoms with Crippen LogP contribution in [-0.4, -0.2) is 54.0 Å². The molecule has 0 aromatic carbocycles. The van der Waals surface area contributed by atoms with Gasteiger partial charge in [-0.1, -0.05) is 6.07 Å². The Kier molecular flexibility index (Phi) is 4.92. The van der Waals surface area contributed by atoms with Crippen LogP contribution < -0.4 is 4.90 Å². The van der Waals surface area contributed by atoms with Crippen molar-refractivity contribution in [1.29, 1.82) is 0 Å². The Morgan fingerprint density at radius 3 is 2.91 bits per heavy atom. The van der Waals surface area contributed by atoms with Gasteiger partial charge in [0.15, 0.2) is 6.04 Å². The Bertz CT molecular complexity index is 635. The van der Waals surface area contributed by atoms with Crippen molar-refractivity contribution in [2.24, 2.45) is 0 Å². The number of carbonyl (C=O) groups is 1. The van der Waals surface area contributed by atoms with Crippen LogP contribution in [0.1, 0.15) is 25.8 Å². The van der Waals surface area contributed by atoms with Crippen LogP contribution in [0.2, 0.25) is 0 Å². The SMILES string of the molecule is CCOC(=O)N1CC[NH+]([C@@H](C)c2nnc(-c3cccs3)o2)CC1. The van der Waals surface area contributed by atoms with Crippen molar-refractivity contribution in [2.75, 3.05) is 32.8 Å². The lowest BCUT2D eigenvalue weighted by Gasteiger charge is -2.33. The van der Waals surface area contributed by atoms with E-state index in [0.29, 0.717) is 31.5 Å². The Morgan fingerprint density at radius 1 is 1.48 bits per heavy atom. The molecule has 8 heteroatoms. The van der Waals surface area contributed by atoms with Crippen LogP contribution in [0, 0.1) is 0 Å². The second-order valence-electron chi connectivity index (χ2n) is 5.49. The Hall–Kier alpha value is -1.93. The number of amides is 1. The number of nitrogens with one attached hydrogen (secondary N) is 1. The molecule has 1 fully saturated rings. The molecule has 23 heavy (non-hydrogen) atoms. The van der Waals surface area contributed by atoms with E-state index in [1.54, 1.807) is 16.2 Å². The van der Waals surface area contributed by atoms with Crippen molar-refractivity contribution in [3.05, 3.63) is 23.4 Å². The highest BCUT2D eigenvalue weighted by Crippen LogP contribution is 2.24. The van der Waals surface area contributed by atoms with E-state index in [1.165, 1.54) is 4.90 Å². The summed E-state index contributed by atoms with van der Waals surface area (Å²) in [6.45, 7) is 7.38. The lowest BCUT2D eigenvalue weighted by atomic mass is 10.2. The second kappa shape index (κ2) is 7.10. The highest BCUT2D eigenvalue weighted by atomic mass is 32.1. The first-order chi connectivity index (χ1) is 11.2. The van der Waals surface area contributed by atoms with E-state index >= 15 is 0 Å². The smallest absolute Gasteiger partial charge is 0.410 e. The minimum atomic E-state index is -0.225. The molecular weight excluding hydrogens is 316 g/mol. The van der Waals surface area contributed by atoms with Gasteiger partial charge < -0.3 is 14.1 Å². The number of carbonyl (C=O) groups excluding carboxylic acids is 1. The molecule has 1 aliphatic heterocycles. The maximum absolute atomic E-state index is 11.7. The van der Waals surface area contributed by atoms with Gasteiger partial charge in [0.05, 0.1) is 37.7 Å².